The number of hydrogen-bond donors (Lipinski definition) is 3. The molecule has 4 aliphatic rings. The summed E-state index contributed by atoms with van der Waals surface area (Å²) < 4.78 is 42.4. The van der Waals surface area contributed by atoms with Crippen LogP contribution in [0, 0.1) is 5.92 Å². The minimum Gasteiger partial charge on any atom is -0.459 e. The van der Waals surface area contributed by atoms with Gasteiger partial charge in [-0.2, -0.15) is 4.98 Å². The van der Waals surface area contributed by atoms with Crippen molar-refractivity contribution in [2.75, 3.05) is 6.54 Å². The molecule has 2 aromatic heterocycles. The third-order valence-corrected chi connectivity index (χ3v) is 14.5. The summed E-state index contributed by atoms with van der Waals surface area (Å²) in [5.41, 5.74) is 1.89. The molecule has 2 aliphatic heterocycles. The first-order valence-corrected chi connectivity index (χ1v) is 24.0. The summed E-state index contributed by atoms with van der Waals surface area (Å²) in [4.78, 5) is 67.8. The van der Waals surface area contributed by atoms with Crippen LogP contribution in [0.5, 0.6) is 6.01 Å². The zero-order valence-electron chi connectivity index (χ0n) is 35.8. The number of ether oxygens (including phenoxy) is 2. The van der Waals surface area contributed by atoms with Crippen molar-refractivity contribution < 1.29 is 37.1 Å². The number of para-hydroxylation sites is 1. The van der Waals surface area contributed by atoms with Crippen LogP contribution in [-0.2, 0) is 29.1 Å². The molecule has 0 spiro atoms. The van der Waals surface area contributed by atoms with Gasteiger partial charge >= 0.3 is 6.09 Å². The maximum atomic E-state index is 14.7. The largest absolute Gasteiger partial charge is 0.459 e. The molecule has 2 aliphatic carbocycles. The van der Waals surface area contributed by atoms with Crippen LogP contribution < -0.4 is 20.1 Å². The molecule has 2 aromatic carbocycles. The van der Waals surface area contributed by atoms with E-state index in [0.29, 0.717) is 43.6 Å². The number of thiazole rings is 1. The molecule has 15 nitrogen and oxygen atoms in total. The Morgan fingerprint density at radius 1 is 1.00 bits per heavy atom. The molecule has 5 atom stereocenters. The lowest BCUT2D eigenvalue weighted by atomic mass is 10.0. The van der Waals surface area contributed by atoms with Crippen LogP contribution in [0.1, 0.15) is 98.4 Å². The number of nitrogens with zero attached hydrogens (tertiary/aromatic N) is 4. The van der Waals surface area contributed by atoms with Crippen molar-refractivity contribution in [3.8, 4) is 27.8 Å². The van der Waals surface area contributed by atoms with Gasteiger partial charge in [0.25, 0.3) is 11.9 Å². The summed E-state index contributed by atoms with van der Waals surface area (Å²) >= 11 is 1.52. The highest BCUT2D eigenvalue weighted by Crippen LogP contribution is 2.46. The SMILES string of the molecule is CC(C)n1c(O[C@@H]2C[C@H]3C(=O)N[C@]4(C(=O)NS(=O)(=O)C5CC5)C[C@H]4/C=C\CCCCC[C@H](NC(=O)OC(C)(C)C)C(=O)N3C2)nc2c(-c3nc(-c4ccccc4)cs3)cccc21. The van der Waals surface area contributed by atoms with Gasteiger partial charge in [-0.1, -0.05) is 61.4 Å². The number of aromatic nitrogens is 3. The first-order valence-electron chi connectivity index (χ1n) is 21.6. The van der Waals surface area contributed by atoms with Gasteiger partial charge < -0.3 is 25.0 Å². The number of benzene rings is 2. The van der Waals surface area contributed by atoms with Crippen molar-refractivity contribution >= 4 is 56.2 Å². The quantitative estimate of drug-likeness (QED) is 0.153. The number of fused-ring (bicyclic) bond motifs is 3. The topological polar surface area (TPSA) is 191 Å². The summed E-state index contributed by atoms with van der Waals surface area (Å²) in [6.45, 7) is 9.23. The molecule has 8 rings (SSSR count). The molecule has 3 fully saturated rings. The summed E-state index contributed by atoms with van der Waals surface area (Å²) in [5.74, 6) is -2.34. The molecule has 2 saturated carbocycles. The van der Waals surface area contributed by atoms with Crippen LogP contribution in [0.3, 0.4) is 0 Å². The normalized spacial score (nSPS) is 25.2. The van der Waals surface area contributed by atoms with Gasteiger partial charge in [0.15, 0.2) is 0 Å². The average molecular weight is 886 g/mol. The Hall–Kier alpha value is -5.29. The van der Waals surface area contributed by atoms with Gasteiger partial charge in [-0.15, -0.1) is 11.3 Å². The highest BCUT2D eigenvalue weighted by atomic mass is 32.2. The number of carbonyl (C=O) groups excluding carboxylic acids is 4. The van der Waals surface area contributed by atoms with Crippen molar-refractivity contribution in [3.05, 3.63) is 66.1 Å². The summed E-state index contributed by atoms with van der Waals surface area (Å²) in [6.07, 6.45) is 6.69. The molecule has 330 valence electrons. The van der Waals surface area contributed by atoms with E-state index in [0.717, 1.165) is 40.2 Å². The van der Waals surface area contributed by atoms with Crippen LogP contribution in [0.15, 0.2) is 66.1 Å². The maximum absolute atomic E-state index is 14.7. The summed E-state index contributed by atoms with van der Waals surface area (Å²) in [5, 5.41) is 7.88. The molecule has 4 heterocycles. The third kappa shape index (κ3) is 9.24. The predicted molar refractivity (Wildman–Crippen MR) is 236 cm³/mol. The number of nitrogens with one attached hydrogen (secondary N) is 3. The Morgan fingerprint density at radius 2 is 1.77 bits per heavy atom. The Bertz CT molecular complexity index is 2490. The zero-order chi connectivity index (χ0) is 44.0. The Balaban J connectivity index is 1.12. The summed E-state index contributed by atoms with van der Waals surface area (Å²) in [7, 11) is -3.91. The van der Waals surface area contributed by atoms with E-state index in [1.807, 2.05) is 84.5 Å². The molecule has 0 radical (unpaired) electrons. The second kappa shape index (κ2) is 17.1. The molecule has 4 aromatic rings. The number of amides is 4. The smallest absolute Gasteiger partial charge is 0.408 e. The molecular weight excluding hydrogens is 831 g/mol. The lowest BCUT2D eigenvalue weighted by molar-refractivity contribution is -0.141. The molecule has 1 saturated heterocycles. The van der Waals surface area contributed by atoms with Crippen molar-refractivity contribution in [2.45, 2.75) is 133 Å². The second-order valence-corrected chi connectivity index (χ2v) is 20.9. The molecule has 0 unspecified atom stereocenters. The van der Waals surface area contributed by atoms with Crippen molar-refractivity contribution in [2.24, 2.45) is 5.92 Å². The first kappa shape index (κ1) is 43.4. The zero-order valence-corrected chi connectivity index (χ0v) is 37.4. The van der Waals surface area contributed by atoms with Crippen LogP contribution in [0.25, 0.3) is 32.9 Å². The van der Waals surface area contributed by atoms with E-state index in [4.69, 9.17) is 19.4 Å². The minimum atomic E-state index is -3.91. The van der Waals surface area contributed by atoms with Gasteiger partial charge in [-0.3, -0.25) is 23.7 Å². The minimum absolute atomic E-state index is 0.0247. The molecular formula is C45H55N7O8S2. The Labute approximate surface area is 366 Å². The van der Waals surface area contributed by atoms with Crippen LogP contribution >= 0.6 is 11.3 Å². The van der Waals surface area contributed by atoms with Gasteiger partial charge in [0.2, 0.25) is 21.8 Å². The predicted octanol–water partition coefficient (Wildman–Crippen LogP) is 6.65. The van der Waals surface area contributed by atoms with Crippen molar-refractivity contribution in [1.82, 2.24) is 34.8 Å². The number of allylic oxidation sites excluding steroid dienone is 1. The molecule has 3 N–H and O–H groups in total. The Morgan fingerprint density at radius 3 is 2.50 bits per heavy atom. The van der Waals surface area contributed by atoms with Crippen LogP contribution in [0.2, 0.25) is 0 Å². The Kier molecular flexibility index (Phi) is 12.0. The standard InChI is InChI=1S/C45H55N7O8S2/c1-27(2)52-35-20-14-18-32(39-46-34(26-61-39)28-15-10-9-11-16-28)37(35)48-42(52)59-30-23-36-38(53)49-45(41(55)50-62(57,58)31-21-22-31)24-29(45)17-12-7-6-8-13-19-33(40(54)51(36)25-30)47-43(56)60-44(3,4)5/h9-12,14-18,20,26-27,29-31,33,36H,6-8,13,19,21-25H2,1-5H3,(H,47,56)(H,49,53)(H,50,55)/b17-12-/t29-,30-,33+,36+,45-/m1/s1. The van der Waals surface area contributed by atoms with Gasteiger partial charge in [0.1, 0.15) is 39.9 Å². The number of hydrogen-bond acceptors (Lipinski definition) is 11. The van der Waals surface area contributed by atoms with E-state index in [1.54, 1.807) is 20.8 Å². The number of rotatable bonds is 9. The van der Waals surface area contributed by atoms with E-state index < -0.39 is 74.3 Å². The molecule has 62 heavy (non-hydrogen) atoms. The van der Waals surface area contributed by atoms with Gasteiger partial charge in [0.05, 0.1) is 23.0 Å². The van der Waals surface area contributed by atoms with E-state index in [1.165, 1.54) is 16.2 Å². The molecule has 4 amide bonds. The monoisotopic (exact) mass is 885 g/mol. The number of carbonyl (C=O) groups is 4. The third-order valence-electron chi connectivity index (χ3n) is 11.8. The lowest BCUT2D eigenvalue weighted by Gasteiger charge is -2.30. The maximum Gasteiger partial charge on any atom is 0.408 e. The highest BCUT2D eigenvalue weighted by Gasteiger charge is 2.62. The number of sulfonamides is 1. The van der Waals surface area contributed by atoms with Crippen molar-refractivity contribution in [3.63, 3.8) is 0 Å². The van der Waals surface area contributed by atoms with E-state index >= 15 is 0 Å². The first-order chi connectivity index (χ1) is 29.5. The lowest BCUT2D eigenvalue weighted by Crippen LogP contribution is -2.58. The van der Waals surface area contributed by atoms with Crippen molar-refractivity contribution in [1.29, 1.82) is 0 Å². The molecule has 0 bridgehead atoms. The van der Waals surface area contributed by atoms with E-state index in [2.05, 4.69) is 15.4 Å². The average Bonchev–Trinajstić information content (AvgIpc) is 4.03. The van der Waals surface area contributed by atoms with Gasteiger partial charge in [-0.05, 0) is 85.3 Å². The van der Waals surface area contributed by atoms with E-state index in [9.17, 15) is 27.6 Å². The van der Waals surface area contributed by atoms with Crippen LogP contribution in [0.4, 0.5) is 4.79 Å². The van der Waals surface area contributed by atoms with Crippen LogP contribution in [-0.4, -0.2) is 92.8 Å². The fraction of sp³-hybridized carbons (Fsp3) is 0.511. The second-order valence-electron chi connectivity index (χ2n) is 18.1. The van der Waals surface area contributed by atoms with Gasteiger partial charge in [-0.25, -0.2) is 18.2 Å². The molecule has 17 heteroatoms. The van der Waals surface area contributed by atoms with Gasteiger partial charge in [0, 0.05) is 34.9 Å². The highest BCUT2D eigenvalue weighted by molar-refractivity contribution is 7.91. The summed E-state index contributed by atoms with van der Waals surface area (Å²) in [6, 6.07) is 13.9. The van der Waals surface area contributed by atoms with E-state index in [-0.39, 0.29) is 25.4 Å². The number of alkyl carbamates (subject to hydrolysis) is 1. The number of imidazole rings is 1. The fourth-order valence-corrected chi connectivity index (χ4v) is 10.7. The fourth-order valence-electron chi connectivity index (χ4n) is 8.44.